The molecule has 0 radical (unpaired) electrons. The average molecular weight is 332 g/mol. The molecule has 0 saturated heterocycles. The molecule has 0 saturated carbocycles. The number of halogens is 1. The Labute approximate surface area is 137 Å². The highest BCUT2D eigenvalue weighted by Crippen LogP contribution is 2.29. The molecule has 2 heterocycles. The summed E-state index contributed by atoms with van der Waals surface area (Å²) in [5.41, 5.74) is 2.08. The average Bonchev–Trinajstić information content (AvgIpc) is 2.90. The number of furan rings is 1. The van der Waals surface area contributed by atoms with Gasteiger partial charge >= 0.3 is 5.97 Å². The summed E-state index contributed by atoms with van der Waals surface area (Å²) in [6, 6.07) is 8.76. The number of pyridine rings is 1. The lowest BCUT2D eigenvalue weighted by Crippen LogP contribution is -2.05. The standard InChI is InChI=1S/C17H14ClNO4/c1-10-13-7-12(21-2)4-5-14(13)23-16(10)17(20)22-9-11-3-6-15(18)19-8-11/h3-8H,9H2,1-2H3. The number of aryl methyl sites for hydroxylation is 1. The second-order valence-corrected chi connectivity index (χ2v) is 5.37. The van der Waals surface area contributed by atoms with Crippen LogP contribution in [0.4, 0.5) is 0 Å². The normalized spacial score (nSPS) is 10.7. The predicted molar refractivity (Wildman–Crippen MR) is 85.9 cm³/mol. The molecule has 0 amide bonds. The quantitative estimate of drug-likeness (QED) is 0.530. The topological polar surface area (TPSA) is 61.6 Å². The third-order valence-electron chi connectivity index (χ3n) is 3.49. The van der Waals surface area contributed by atoms with E-state index in [2.05, 4.69) is 4.98 Å². The molecule has 1 aromatic carbocycles. The summed E-state index contributed by atoms with van der Waals surface area (Å²) >= 11 is 5.72. The fourth-order valence-corrected chi connectivity index (χ4v) is 2.34. The van der Waals surface area contributed by atoms with Gasteiger partial charge in [-0.3, -0.25) is 0 Å². The summed E-state index contributed by atoms with van der Waals surface area (Å²) in [7, 11) is 1.59. The van der Waals surface area contributed by atoms with Crippen LogP contribution in [0, 0.1) is 6.92 Å². The Bertz CT molecular complexity index is 855. The van der Waals surface area contributed by atoms with Gasteiger partial charge in [-0.2, -0.15) is 0 Å². The van der Waals surface area contributed by atoms with Crippen LogP contribution in [-0.4, -0.2) is 18.1 Å². The highest BCUT2D eigenvalue weighted by Gasteiger charge is 2.19. The second kappa shape index (κ2) is 6.30. The van der Waals surface area contributed by atoms with Crippen molar-refractivity contribution in [3.8, 4) is 5.75 Å². The van der Waals surface area contributed by atoms with Gasteiger partial charge in [0, 0.05) is 22.7 Å². The third-order valence-corrected chi connectivity index (χ3v) is 3.71. The number of aromatic nitrogens is 1. The van der Waals surface area contributed by atoms with Gasteiger partial charge in [0.2, 0.25) is 5.76 Å². The van der Waals surface area contributed by atoms with Crippen LogP contribution in [0.25, 0.3) is 11.0 Å². The summed E-state index contributed by atoms with van der Waals surface area (Å²) in [5.74, 6) is 0.372. The summed E-state index contributed by atoms with van der Waals surface area (Å²) in [6.45, 7) is 1.91. The van der Waals surface area contributed by atoms with Gasteiger partial charge in [-0.05, 0) is 31.2 Å². The molecular formula is C17H14ClNO4. The molecule has 3 rings (SSSR count). The van der Waals surface area contributed by atoms with E-state index in [1.54, 1.807) is 37.6 Å². The Kier molecular flexibility index (Phi) is 4.21. The van der Waals surface area contributed by atoms with E-state index >= 15 is 0 Å². The number of hydrogen-bond donors (Lipinski definition) is 0. The van der Waals surface area contributed by atoms with Gasteiger partial charge in [0.15, 0.2) is 0 Å². The van der Waals surface area contributed by atoms with Gasteiger partial charge in [0.1, 0.15) is 23.1 Å². The number of hydrogen-bond acceptors (Lipinski definition) is 5. The number of esters is 1. The van der Waals surface area contributed by atoms with Gasteiger partial charge in [-0.25, -0.2) is 9.78 Å². The summed E-state index contributed by atoms with van der Waals surface area (Å²) < 4.78 is 16.1. The molecule has 3 aromatic rings. The third kappa shape index (κ3) is 3.14. The fourth-order valence-electron chi connectivity index (χ4n) is 2.23. The van der Waals surface area contributed by atoms with Crippen LogP contribution in [-0.2, 0) is 11.3 Å². The molecule has 5 nitrogen and oxygen atoms in total. The number of nitrogens with zero attached hydrogens (tertiary/aromatic N) is 1. The molecule has 2 aromatic heterocycles. The van der Waals surface area contributed by atoms with Crippen molar-refractivity contribution in [1.29, 1.82) is 0 Å². The van der Waals surface area contributed by atoms with Gasteiger partial charge in [-0.15, -0.1) is 0 Å². The van der Waals surface area contributed by atoms with E-state index in [0.29, 0.717) is 16.5 Å². The lowest BCUT2D eigenvalue weighted by molar-refractivity contribution is 0.0437. The van der Waals surface area contributed by atoms with Gasteiger partial charge in [0.25, 0.3) is 0 Å². The second-order valence-electron chi connectivity index (χ2n) is 4.98. The van der Waals surface area contributed by atoms with E-state index in [4.69, 9.17) is 25.5 Å². The van der Waals surface area contributed by atoms with Gasteiger partial charge in [-0.1, -0.05) is 17.7 Å². The first-order valence-corrected chi connectivity index (χ1v) is 7.31. The van der Waals surface area contributed by atoms with E-state index in [9.17, 15) is 4.79 Å². The number of methoxy groups -OCH3 is 1. The van der Waals surface area contributed by atoms with Crippen molar-refractivity contribution in [2.24, 2.45) is 0 Å². The Morgan fingerprint density at radius 2 is 2.13 bits per heavy atom. The van der Waals surface area contributed by atoms with Crippen LogP contribution in [0.2, 0.25) is 5.15 Å². The summed E-state index contributed by atoms with van der Waals surface area (Å²) in [4.78, 5) is 16.2. The zero-order chi connectivity index (χ0) is 16.4. The van der Waals surface area contributed by atoms with Crippen molar-refractivity contribution in [2.45, 2.75) is 13.5 Å². The van der Waals surface area contributed by atoms with E-state index < -0.39 is 5.97 Å². The Morgan fingerprint density at radius 3 is 2.83 bits per heavy atom. The van der Waals surface area contributed by atoms with Crippen molar-refractivity contribution in [3.05, 3.63) is 58.6 Å². The zero-order valence-corrected chi connectivity index (χ0v) is 13.4. The maximum atomic E-state index is 12.2. The molecule has 0 aliphatic carbocycles. The van der Waals surface area contributed by atoms with Crippen LogP contribution >= 0.6 is 11.6 Å². The maximum Gasteiger partial charge on any atom is 0.374 e. The largest absolute Gasteiger partial charge is 0.497 e. The molecular weight excluding hydrogens is 318 g/mol. The molecule has 0 spiro atoms. The Hall–Kier alpha value is -2.53. The molecule has 0 fully saturated rings. The van der Waals surface area contributed by atoms with E-state index in [-0.39, 0.29) is 12.4 Å². The molecule has 0 aliphatic heterocycles. The first kappa shape index (κ1) is 15.4. The smallest absolute Gasteiger partial charge is 0.374 e. The minimum absolute atomic E-state index is 0.100. The van der Waals surface area contributed by atoms with Crippen LogP contribution in [0.15, 0.2) is 40.9 Å². The van der Waals surface area contributed by atoms with Crippen molar-refractivity contribution in [2.75, 3.05) is 7.11 Å². The molecule has 0 bridgehead atoms. The lowest BCUT2D eigenvalue weighted by Gasteiger charge is -2.03. The highest BCUT2D eigenvalue weighted by atomic mass is 35.5. The first-order valence-electron chi connectivity index (χ1n) is 6.93. The molecule has 0 aliphatic rings. The Morgan fingerprint density at radius 1 is 1.30 bits per heavy atom. The number of carbonyl (C=O) groups excluding carboxylic acids is 1. The van der Waals surface area contributed by atoms with Crippen LogP contribution in [0.1, 0.15) is 21.7 Å². The molecule has 23 heavy (non-hydrogen) atoms. The first-order chi connectivity index (χ1) is 11.1. The van der Waals surface area contributed by atoms with E-state index in [1.807, 2.05) is 13.0 Å². The van der Waals surface area contributed by atoms with Crippen LogP contribution < -0.4 is 4.74 Å². The fraction of sp³-hybridized carbons (Fsp3) is 0.176. The number of benzene rings is 1. The highest BCUT2D eigenvalue weighted by molar-refractivity contribution is 6.29. The molecule has 0 atom stereocenters. The maximum absolute atomic E-state index is 12.2. The van der Waals surface area contributed by atoms with Crippen LogP contribution in [0.3, 0.4) is 0 Å². The number of carbonyl (C=O) groups is 1. The lowest BCUT2D eigenvalue weighted by atomic mass is 10.1. The monoisotopic (exact) mass is 331 g/mol. The molecule has 6 heteroatoms. The van der Waals surface area contributed by atoms with Crippen molar-refractivity contribution < 1.29 is 18.7 Å². The van der Waals surface area contributed by atoms with E-state index in [0.717, 1.165) is 16.5 Å². The number of rotatable bonds is 4. The summed E-state index contributed by atoms with van der Waals surface area (Å²) in [6.07, 6.45) is 1.56. The van der Waals surface area contributed by atoms with Crippen molar-refractivity contribution >= 4 is 28.5 Å². The Balaban J connectivity index is 1.80. The molecule has 0 N–H and O–H groups in total. The minimum atomic E-state index is -0.521. The van der Waals surface area contributed by atoms with Crippen molar-refractivity contribution in [1.82, 2.24) is 4.98 Å². The molecule has 0 unspecified atom stereocenters. The number of fused-ring (bicyclic) bond motifs is 1. The zero-order valence-electron chi connectivity index (χ0n) is 12.6. The van der Waals surface area contributed by atoms with Crippen molar-refractivity contribution in [3.63, 3.8) is 0 Å². The van der Waals surface area contributed by atoms with E-state index in [1.165, 1.54) is 0 Å². The predicted octanol–water partition coefficient (Wildman–Crippen LogP) is 4.16. The summed E-state index contributed by atoms with van der Waals surface area (Å²) in [5, 5.41) is 1.21. The number of ether oxygens (including phenoxy) is 2. The van der Waals surface area contributed by atoms with Gasteiger partial charge in [0.05, 0.1) is 7.11 Å². The van der Waals surface area contributed by atoms with Crippen LogP contribution in [0.5, 0.6) is 5.75 Å². The van der Waals surface area contributed by atoms with Gasteiger partial charge < -0.3 is 13.9 Å². The molecule has 118 valence electrons. The SMILES string of the molecule is COc1ccc2oc(C(=O)OCc3ccc(Cl)nc3)c(C)c2c1. The minimum Gasteiger partial charge on any atom is -0.497 e.